The van der Waals surface area contributed by atoms with E-state index in [4.69, 9.17) is 10.3 Å². The summed E-state index contributed by atoms with van der Waals surface area (Å²) in [6.45, 7) is 3.90. The molecule has 84 valence electrons. The van der Waals surface area contributed by atoms with Crippen LogP contribution in [0.15, 0.2) is 22.9 Å². The summed E-state index contributed by atoms with van der Waals surface area (Å²) < 4.78 is 4.77. The van der Waals surface area contributed by atoms with Gasteiger partial charge in [0.1, 0.15) is 5.70 Å². The highest BCUT2D eigenvalue weighted by molar-refractivity contribution is 7.12. The molecule has 1 aromatic heterocycles. The highest BCUT2D eigenvalue weighted by Crippen LogP contribution is 2.19. The van der Waals surface area contributed by atoms with Crippen molar-refractivity contribution in [2.75, 3.05) is 6.61 Å². The summed E-state index contributed by atoms with van der Waals surface area (Å²) in [5.74, 6) is -0.605. The van der Waals surface area contributed by atoms with Gasteiger partial charge in [-0.15, -0.1) is 11.3 Å². The molecule has 0 N–H and O–H groups in total. The molecule has 0 atom stereocenters. The van der Waals surface area contributed by atoms with Crippen LogP contribution in [0.5, 0.6) is 0 Å². The Hall–Kier alpha value is -1.78. The van der Waals surface area contributed by atoms with Gasteiger partial charge in [0.15, 0.2) is 0 Å². The first-order chi connectivity index (χ1) is 7.67. The fourth-order valence-electron chi connectivity index (χ4n) is 1.05. The Morgan fingerprint density at radius 2 is 2.44 bits per heavy atom. The fraction of sp³-hybridized carbons (Fsp3) is 0.300. The van der Waals surface area contributed by atoms with Gasteiger partial charge in [0.2, 0.25) is 0 Å². The van der Waals surface area contributed by atoms with Crippen LogP contribution in [0.3, 0.4) is 0 Å². The van der Waals surface area contributed by atoms with Crippen LogP contribution >= 0.6 is 11.3 Å². The molecular formula is C10H11N3O2S. The van der Waals surface area contributed by atoms with Crippen molar-refractivity contribution in [3.05, 3.63) is 38.0 Å². The molecule has 1 rings (SSSR count). The second-order valence-corrected chi connectivity index (χ2v) is 4.21. The number of carbonyl (C=O) groups excluding carboxylic acids is 1. The molecule has 0 unspecified atom stereocenters. The summed E-state index contributed by atoms with van der Waals surface area (Å²) in [6.07, 6.45) is 1.52. The van der Waals surface area contributed by atoms with Crippen LogP contribution in [0.2, 0.25) is 0 Å². The van der Waals surface area contributed by atoms with Gasteiger partial charge < -0.3 is 4.74 Å². The minimum absolute atomic E-state index is 0.0220. The predicted molar refractivity (Wildman–Crippen MR) is 62.8 cm³/mol. The summed E-state index contributed by atoms with van der Waals surface area (Å²) in [7, 11) is 0. The van der Waals surface area contributed by atoms with Crippen LogP contribution in [0.25, 0.3) is 16.5 Å². The van der Waals surface area contributed by atoms with Gasteiger partial charge in [0.05, 0.1) is 6.61 Å². The van der Waals surface area contributed by atoms with E-state index < -0.39 is 5.97 Å². The zero-order valence-electron chi connectivity index (χ0n) is 9.01. The summed E-state index contributed by atoms with van der Waals surface area (Å²) in [5.41, 5.74) is 8.33. The van der Waals surface area contributed by atoms with Crippen LogP contribution in [0, 0.1) is 6.92 Å². The number of thiophene rings is 1. The molecular weight excluding hydrogens is 226 g/mol. The third-order valence-corrected chi connectivity index (χ3v) is 2.62. The summed E-state index contributed by atoms with van der Waals surface area (Å²) in [6, 6.07) is 3.78. The highest BCUT2D eigenvalue weighted by Gasteiger charge is 2.08. The number of carbonyl (C=O) groups is 1. The number of esters is 1. The normalized spacial score (nSPS) is 10.8. The van der Waals surface area contributed by atoms with Crippen molar-refractivity contribution in [1.82, 2.24) is 0 Å². The predicted octanol–water partition coefficient (Wildman–Crippen LogP) is 3.27. The SMILES string of the molecule is CCOC(=O)/C(=C/c1ccc(C)s1)N=[N+]=[N-]. The number of ether oxygens (including phenoxy) is 1. The van der Waals surface area contributed by atoms with Crippen molar-refractivity contribution in [2.24, 2.45) is 5.11 Å². The first-order valence-electron chi connectivity index (χ1n) is 4.67. The molecule has 1 heterocycles. The van der Waals surface area contributed by atoms with E-state index >= 15 is 0 Å². The van der Waals surface area contributed by atoms with E-state index in [0.717, 1.165) is 9.75 Å². The van der Waals surface area contributed by atoms with Crippen molar-refractivity contribution in [1.29, 1.82) is 0 Å². The number of azide groups is 1. The molecule has 0 bridgehead atoms. The van der Waals surface area contributed by atoms with E-state index in [1.54, 1.807) is 6.92 Å². The van der Waals surface area contributed by atoms with E-state index in [9.17, 15) is 4.79 Å². The number of nitrogens with zero attached hydrogens (tertiary/aromatic N) is 3. The summed E-state index contributed by atoms with van der Waals surface area (Å²) >= 11 is 1.51. The van der Waals surface area contributed by atoms with Gasteiger partial charge in [-0.2, -0.15) is 0 Å². The monoisotopic (exact) mass is 237 g/mol. The average molecular weight is 237 g/mol. The van der Waals surface area contributed by atoms with Gasteiger partial charge in [0, 0.05) is 14.7 Å². The largest absolute Gasteiger partial charge is 0.462 e. The first-order valence-corrected chi connectivity index (χ1v) is 5.49. The van der Waals surface area contributed by atoms with E-state index in [2.05, 4.69) is 10.0 Å². The lowest BCUT2D eigenvalue weighted by Gasteiger charge is -1.99. The minimum Gasteiger partial charge on any atom is -0.462 e. The highest BCUT2D eigenvalue weighted by atomic mass is 32.1. The summed E-state index contributed by atoms with van der Waals surface area (Å²) in [5, 5.41) is 3.32. The molecule has 0 aliphatic rings. The van der Waals surface area contributed by atoms with E-state index in [0.29, 0.717) is 0 Å². The molecule has 6 heteroatoms. The standard InChI is InChI=1S/C10H11N3O2S/c1-3-15-10(14)9(12-13-11)6-8-5-4-7(2)16-8/h4-6H,3H2,1-2H3/b9-6-. The average Bonchev–Trinajstić information content (AvgIpc) is 2.64. The molecule has 0 saturated heterocycles. The molecule has 0 fully saturated rings. The smallest absolute Gasteiger partial charge is 0.340 e. The molecule has 0 aliphatic heterocycles. The Morgan fingerprint density at radius 3 is 2.94 bits per heavy atom. The molecule has 0 aromatic carbocycles. The van der Waals surface area contributed by atoms with Crippen LogP contribution in [-0.2, 0) is 9.53 Å². The summed E-state index contributed by atoms with van der Waals surface area (Å²) in [4.78, 5) is 16.0. The zero-order valence-corrected chi connectivity index (χ0v) is 9.82. The van der Waals surface area contributed by atoms with Gasteiger partial charge in [-0.1, -0.05) is 5.11 Å². The van der Waals surface area contributed by atoms with Gasteiger partial charge in [-0.3, -0.25) is 0 Å². The molecule has 0 spiro atoms. The topological polar surface area (TPSA) is 75.1 Å². The first kappa shape index (κ1) is 12.3. The minimum atomic E-state index is -0.605. The van der Waals surface area contributed by atoms with E-state index in [1.165, 1.54) is 17.4 Å². The zero-order chi connectivity index (χ0) is 12.0. The number of hydrogen-bond acceptors (Lipinski definition) is 4. The lowest BCUT2D eigenvalue weighted by atomic mass is 10.3. The van der Waals surface area contributed by atoms with Crippen molar-refractivity contribution >= 4 is 23.4 Å². The number of hydrogen-bond donors (Lipinski definition) is 0. The Labute approximate surface area is 97.0 Å². The molecule has 0 amide bonds. The second kappa shape index (κ2) is 5.95. The van der Waals surface area contributed by atoms with Crippen LogP contribution in [0.1, 0.15) is 16.7 Å². The maximum Gasteiger partial charge on any atom is 0.340 e. The fourth-order valence-corrected chi connectivity index (χ4v) is 1.86. The third-order valence-electron chi connectivity index (χ3n) is 1.68. The maximum atomic E-state index is 11.4. The molecule has 16 heavy (non-hydrogen) atoms. The van der Waals surface area contributed by atoms with Gasteiger partial charge >= 0.3 is 5.97 Å². The molecule has 1 aromatic rings. The maximum absolute atomic E-state index is 11.4. The lowest BCUT2D eigenvalue weighted by Crippen LogP contribution is -2.05. The third kappa shape index (κ3) is 3.42. The Morgan fingerprint density at radius 1 is 1.69 bits per heavy atom. The Balaban J connectivity index is 2.97. The molecule has 5 nitrogen and oxygen atoms in total. The van der Waals surface area contributed by atoms with Crippen molar-refractivity contribution < 1.29 is 9.53 Å². The van der Waals surface area contributed by atoms with Crippen molar-refractivity contribution in [3.8, 4) is 0 Å². The van der Waals surface area contributed by atoms with Crippen molar-refractivity contribution in [2.45, 2.75) is 13.8 Å². The lowest BCUT2D eigenvalue weighted by molar-refractivity contribution is -0.138. The molecule has 0 saturated carbocycles. The van der Waals surface area contributed by atoms with Gasteiger partial charge in [-0.25, -0.2) is 4.79 Å². The van der Waals surface area contributed by atoms with E-state index in [-0.39, 0.29) is 12.3 Å². The van der Waals surface area contributed by atoms with Gasteiger partial charge in [-0.05, 0) is 37.6 Å². The Bertz CT molecular complexity index is 458. The van der Waals surface area contributed by atoms with Crippen LogP contribution in [-0.4, -0.2) is 12.6 Å². The molecule has 0 aliphatic carbocycles. The Kier molecular flexibility index (Phi) is 4.57. The van der Waals surface area contributed by atoms with Crippen LogP contribution < -0.4 is 0 Å². The molecule has 0 radical (unpaired) electrons. The second-order valence-electron chi connectivity index (χ2n) is 2.89. The van der Waals surface area contributed by atoms with Gasteiger partial charge in [0.25, 0.3) is 0 Å². The van der Waals surface area contributed by atoms with Crippen molar-refractivity contribution in [3.63, 3.8) is 0 Å². The van der Waals surface area contributed by atoms with E-state index in [1.807, 2.05) is 19.1 Å². The van der Waals surface area contributed by atoms with Crippen LogP contribution in [0.4, 0.5) is 0 Å². The quantitative estimate of drug-likeness (QED) is 0.265. The number of rotatable bonds is 4. The number of aryl methyl sites for hydroxylation is 1.